The van der Waals surface area contributed by atoms with Gasteiger partial charge in [-0.05, 0) is 25.1 Å². The molecule has 100 valence electrons. The molecule has 0 saturated heterocycles. The third kappa shape index (κ3) is 4.10. The fourth-order valence-electron chi connectivity index (χ4n) is 1.70. The Hall–Kier alpha value is -0.880. The smallest absolute Gasteiger partial charge is 0.240 e. The molecule has 0 aromatic heterocycles. The van der Waals surface area contributed by atoms with E-state index in [-0.39, 0.29) is 12.4 Å². The standard InChI is InChI=1S/C12H16N2O2S.ClH/c15-17(16,12-4-2-1-3-5-12)14-10-11-6-8-13-9-7-11;/h1-6,13-14H,7-10H2;1H. The Bertz CT molecular complexity index is 500. The molecule has 18 heavy (non-hydrogen) atoms. The maximum Gasteiger partial charge on any atom is 0.240 e. The van der Waals surface area contributed by atoms with Gasteiger partial charge in [-0.1, -0.05) is 29.8 Å². The molecule has 1 aliphatic rings. The molecule has 1 aromatic rings. The van der Waals surface area contributed by atoms with Gasteiger partial charge in [-0.25, -0.2) is 13.1 Å². The van der Waals surface area contributed by atoms with Gasteiger partial charge in [0.15, 0.2) is 0 Å². The molecular formula is C12H17ClN2O2S. The molecule has 4 nitrogen and oxygen atoms in total. The molecule has 0 amide bonds. The third-order valence-corrected chi connectivity index (χ3v) is 4.12. The summed E-state index contributed by atoms with van der Waals surface area (Å²) in [4.78, 5) is 0.314. The topological polar surface area (TPSA) is 58.2 Å². The summed E-state index contributed by atoms with van der Waals surface area (Å²) in [7, 11) is -3.37. The highest BCUT2D eigenvalue weighted by Crippen LogP contribution is 2.09. The minimum absolute atomic E-state index is 0. The third-order valence-electron chi connectivity index (χ3n) is 2.70. The lowest BCUT2D eigenvalue weighted by molar-refractivity contribution is 0.582. The Labute approximate surface area is 114 Å². The van der Waals surface area contributed by atoms with Gasteiger partial charge in [0, 0.05) is 13.1 Å². The van der Waals surface area contributed by atoms with Crippen LogP contribution < -0.4 is 10.0 Å². The molecule has 0 atom stereocenters. The van der Waals surface area contributed by atoms with Crippen molar-refractivity contribution < 1.29 is 8.42 Å². The lowest BCUT2D eigenvalue weighted by Crippen LogP contribution is -2.29. The van der Waals surface area contributed by atoms with Gasteiger partial charge in [0.05, 0.1) is 4.90 Å². The summed E-state index contributed by atoms with van der Waals surface area (Å²) < 4.78 is 26.5. The van der Waals surface area contributed by atoms with Gasteiger partial charge in [0.1, 0.15) is 0 Å². The average Bonchev–Trinajstić information content (AvgIpc) is 2.39. The molecule has 0 spiro atoms. The maximum absolute atomic E-state index is 11.9. The fraction of sp³-hybridized carbons (Fsp3) is 0.333. The second kappa shape index (κ2) is 6.89. The van der Waals surface area contributed by atoms with Gasteiger partial charge < -0.3 is 5.32 Å². The van der Waals surface area contributed by atoms with Crippen LogP contribution in [0.15, 0.2) is 46.9 Å². The second-order valence-electron chi connectivity index (χ2n) is 3.95. The second-order valence-corrected chi connectivity index (χ2v) is 5.72. The number of rotatable bonds is 4. The molecule has 0 fully saturated rings. The summed E-state index contributed by atoms with van der Waals surface area (Å²) in [6.45, 7) is 2.14. The highest BCUT2D eigenvalue weighted by molar-refractivity contribution is 7.89. The van der Waals surface area contributed by atoms with E-state index in [2.05, 4.69) is 10.0 Å². The summed E-state index contributed by atoms with van der Waals surface area (Å²) in [5.74, 6) is 0. The van der Waals surface area contributed by atoms with Crippen LogP contribution in [0.1, 0.15) is 6.42 Å². The van der Waals surface area contributed by atoms with Crippen molar-refractivity contribution in [3.05, 3.63) is 42.0 Å². The van der Waals surface area contributed by atoms with Crippen molar-refractivity contribution in [2.75, 3.05) is 19.6 Å². The minimum Gasteiger partial charge on any atom is -0.313 e. The van der Waals surface area contributed by atoms with Gasteiger partial charge in [-0.2, -0.15) is 0 Å². The first kappa shape index (κ1) is 15.2. The van der Waals surface area contributed by atoms with Crippen molar-refractivity contribution >= 4 is 22.4 Å². The van der Waals surface area contributed by atoms with E-state index in [0.29, 0.717) is 11.4 Å². The van der Waals surface area contributed by atoms with E-state index >= 15 is 0 Å². The van der Waals surface area contributed by atoms with E-state index in [1.54, 1.807) is 30.3 Å². The lowest BCUT2D eigenvalue weighted by Gasteiger charge is -2.14. The predicted octanol–water partition coefficient (Wildman–Crippen LogP) is 1.31. The number of benzene rings is 1. The Balaban J connectivity index is 0.00000162. The summed E-state index contributed by atoms with van der Waals surface area (Å²) in [6.07, 6.45) is 2.94. The number of hydrogen-bond donors (Lipinski definition) is 2. The van der Waals surface area contributed by atoms with Gasteiger partial charge in [0.25, 0.3) is 0 Å². The molecule has 1 aromatic carbocycles. The van der Waals surface area contributed by atoms with Crippen LogP contribution in [0.4, 0.5) is 0 Å². The molecular weight excluding hydrogens is 272 g/mol. The van der Waals surface area contributed by atoms with E-state index < -0.39 is 10.0 Å². The monoisotopic (exact) mass is 288 g/mol. The zero-order chi connectivity index (χ0) is 12.1. The molecule has 2 N–H and O–H groups in total. The van der Waals surface area contributed by atoms with E-state index in [1.807, 2.05) is 6.08 Å². The molecule has 2 rings (SSSR count). The molecule has 0 bridgehead atoms. The molecule has 0 unspecified atom stereocenters. The predicted molar refractivity (Wildman–Crippen MR) is 74.4 cm³/mol. The van der Waals surface area contributed by atoms with Gasteiger partial charge in [-0.3, -0.25) is 0 Å². The molecule has 6 heteroatoms. The van der Waals surface area contributed by atoms with Crippen LogP contribution in [0.25, 0.3) is 0 Å². The van der Waals surface area contributed by atoms with Crippen LogP contribution in [0, 0.1) is 0 Å². The maximum atomic E-state index is 11.9. The van der Waals surface area contributed by atoms with Crippen molar-refractivity contribution in [1.82, 2.24) is 10.0 Å². The van der Waals surface area contributed by atoms with E-state index in [1.165, 1.54) is 0 Å². The van der Waals surface area contributed by atoms with Crippen LogP contribution in [0.5, 0.6) is 0 Å². The minimum atomic E-state index is -3.37. The number of sulfonamides is 1. The normalized spacial score (nSPS) is 15.7. The Morgan fingerprint density at radius 3 is 2.56 bits per heavy atom. The zero-order valence-corrected chi connectivity index (χ0v) is 11.6. The van der Waals surface area contributed by atoms with E-state index in [9.17, 15) is 8.42 Å². The van der Waals surface area contributed by atoms with Crippen molar-refractivity contribution in [1.29, 1.82) is 0 Å². The van der Waals surface area contributed by atoms with Crippen molar-refractivity contribution in [3.63, 3.8) is 0 Å². The summed E-state index contributed by atoms with van der Waals surface area (Å²) in [6, 6.07) is 8.43. The lowest BCUT2D eigenvalue weighted by atomic mass is 10.1. The summed E-state index contributed by atoms with van der Waals surface area (Å²) >= 11 is 0. The molecule has 1 aliphatic heterocycles. The highest BCUT2D eigenvalue weighted by atomic mass is 35.5. The number of nitrogens with one attached hydrogen (secondary N) is 2. The first-order valence-corrected chi connectivity index (χ1v) is 7.10. The van der Waals surface area contributed by atoms with Crippen LogP contribution >= 0.6 is 12.4 Å². The SMILES string of the molecule is Cl.O=S(=O)(NCC1=CCNCC1)c1ccccc1. The van der Waals surface area contributed by atoms with Gasteiger partial charge >= 0.3 is 0 Å². The first-order chi connectivity index (χ1) is 8.18. The van der Waals surface area contributed by atoms with Crippen molar-refractivity contribution in [3.8, 4) is 0 Å². The van der Waals surface area contributed by atoms with E-state index in [4.69, 9.17) is 0 Å². The number of halogens is 1. The van der Waals surface area contributed by atoms with E-state index in [0.717, 1.165) is 25.1 Å². The summed E-state index contributed by atoms with van der Waals surface area (Å²) in [5, 5.41) is 3.19. The molecule has 0 aliphatic carbocycles. The van der Waals surface area contributed by atoms with Crippen LogP contribution in [0.3, 0.4) is 0 Å². The Morgan fingerprint density at radius 2 is 1.94 bits per heavy atom. The molecule has 1 heterocycles. The fourth-order valence-corrected chi connectivity index (χ4v) is 2.76. The Kier molecular flexibility index (Phi) is 5.81. The first-order valence-electron chi connectivity index (χ1n) is 5.62. The average molecular weight is 289 g/mol. The van der Waals surface area contributed by atoms with Crippen molar-refractivity contribution in [2.45, 2.75) is 11.3 Å². The zero-order valence-electron chi connectivity index (χ0n) is 9.93. The largest absolute Gasteiger partial charge is 0.313 e. The number of hydrogen-bond acceptors (Lipinski definition) is 3. The van der Waals surface area contributed by atoms with Crippen molar-refractivity contribution in [2.24, 2.45) is 0 Å². The Morgan fingerprint density at radius 1 is 1.22 bits per heavy atom. The summed E-state index contributed by atoms with van der Waals surface area (Å²) in [5.41, 5.74) is 1.14. The van der Waals surface area contributed by atoms with Crippen LogP contribution in [-0.4, -0.2) is 28.1 Å². The molecule has 0 saturated carbocycles. The van der Waals surface area contributed by atoms with Gasteiger partial charge in [0.2, 0.25) is 10.0 Å². The van der Waals surface area contributed by atoms with Gasteiger partial charge in [-0.15, -0.1) is 12.4 Å². The van der Waals surface area contributed by atoms with Crippen LogP contribution in [0.2, 0.25) is 0 Å². The highest BCUT2D eigenvalue weighted by Gasteiger charge is 2.13. The molecule has 0 radical (unpaired) electrons. The quantitative estimate of drug-likeness (QED) is 0.821. The van der Waals surface area contributed by atoms with Crippen LogP contribution in [-0.2, 0) is 10.0 Å².